The summed E-state index contributed by atoms with van der Waals surface area (Å²) in [6.45, 7) is 4.05. The predicted octanol–water partition coefficient (Wildman–Crippen LogP) is 2.68. The van der Waals surface area contributed by atoms with Gasteiger partial charge in [0.25, 0.3) is 0 Å². The molecule has 22 heavy (non-hydrogen) atoms. The Morgan fingerprint density at radius 3 is 2.68 bits per heavy atom. The largest absolute Gasteiger partial charge is 0.496 e. The van der Waals surface area contributed by atoms with Gasteiger partial charge in [0.2, 0.25) is 5.91 Å². The zero-order chi connectivity index (χ0) is 16.1. The lowest BCUT2D eigenvalue weighted by atomic mass is 10.0. The number of hydrogen-bond donors (Lipinski definition) is 1. The van der Waals surface area contributed by atoms with E-state index in [-0.39, 0.29) is 11.9 Å². The third kappa shape index (κ3) is 3.67. The summed E-state index contributed by atoms with van der Waals surface area (Å²) < 4.78 is 7.35. The van der Waals surface area contributed by atoms with Gasteiger partial charge in [-0.15, -0.1) is 0 Å². The lowest BCUT2D eigenvalue weighted by Gasteiger charge is -2.21. The van der Waals surface area contributed by atoms with Crippen LogP contribution in [0.4, 0.5) is 0 Å². The quantitative estimate of drug-likeness (QED) is 0.892. The minimum Gasteiger partial charge on any atom is -0.496 e. The number of methoxy groups -OCH3 is 1. The number of nitrogens with zero attached hydrogens (tertiary/aromatic N) is 2. The van der Waals surface area contributed by atoms with Gasteiger partial charge in [-0.3, -0.25) is 4.79 Å². The van der Waals surface area contributed by atoms with E-state index in [0.717, 1.165) is 17.1 Å². The summed E-state index contributed by atoms with van der Waals surface area (Å²) in [6.07, 6.45) is 4.08. The van der Waals surface area contributed by atoms with Gasteiger partial charge in [-0.2, -0.15) is 0 Å². The average molecular weight is 301 g/mol. The molecule has 1 atom stereocenters. The number of aromatic nitrogens is 2. The molecule has 0 saturated carbocycles. The molecule has 0 fully saturated rings. The van der Waals surface area contributed by atoms with Crippen LogP contribution in [0.1, 0.15) is 37.7 Å². The van der Waals surface area contributed by atoms with Crippen LogP contribution < -0.4 is 10.1 Å². The molecule has 1 aromatic heterocycles. The maximum atomic E-state index is 12.3. The van der Waals surface area contributed by atoms with Crippen molar-refractivity contribution in [3.63, 3.8) is 0 Å². The Kier molecular flexibility index (Phi) is 5.20. The van der Waals surface area contributed by atoms with Crippen molar-refractivity contribution in [2.75, 3.05) is 7.11 Å². The molecule has 1 aromatic carbocycles. The zero-order valence-corrected chi connectivity index (χ0v) is 13.5. The van der Waals surface area contributed by atoms with Crippen LogP contribution in [0.5, 0.6) is 5.75 Å². The number of aryl methyl sites for hydroxylation is 1. The number of carbonyl (C=O) groups excluding carboxylic acids is 1. The molecule has 0 aliphatic heterocycles. The second kappa shape index (κ2) is 7.11. The first-order valence-corrected chi connectivity index (χ1v) is 7.42. The Morgan fingerprint density at radius 2 is 2.09 bits per heavy atom. The van der Waals surface area contributed by atoms with Crippen molar-refractivity contribution in [2.45, 2.75) is 26.3 Å². The summed E-state index contributed by atoms with van der Waals surface area (Å²) in [7, 11) is 3.55. The molecule has 0 aliphatic rings. The van der Waals surface area contributed by atoms with E-state index in [1.54, 1.807) is 13.3 Å². The number of benzene rings is 1. The lowest BCUT2D eigenvalue weighted by molar-refractivity contribution is -0.122. The van der Waals surface area contributed by atoms with Crippen LogP contribution in [-0.4, -0.2) is 22.6 Å². The fraction of sp³-hybridized carbons (Fsp3) is 0.412. The normalized spacial score (nSPS) is 12.2. The van der Waals surface area contributed by atoms with Gasteiger partial charge in [-0.05, 0) is 12.0 Å². The highest BCUT2D eigenvalue weighted by molar-refractivity contribution is 5.77. The van der Waals surface area contributed by atoms with Gasteiger partial charge in [0.05, 0.1) is 7.11 Å². The fourth-order valence-corrected chi connectivity index (χ4v) is 2.43. The molecule has 0 aliphatic carbocycles. The number of ether oxygens (including phenoxy) is 1. The Balaban J connectivity index is 2.38. The highest BCUT2D eigenvalue weighted by Crippen LogP contribution is 2.29. The van der Waals surface area contributed by atoms with E-state index in [1.165, 1.54) is 0 Å². The minimum atomic E-state index is -0.331. The highest BCUT2D eigenvalue weighted by Gasteiger charge is 2.23. The summed E-state index contributed by atoms with van der Waals surface area (Å²) in [6, 6.07) is 7.35. The Morgan fingerprint density at radius 1 is 1.36 bits per heavy atom. The van der Waals surface area contributed by atoms with E-state index in [9.17, 15) is 4.79 Å². The first-order valence-electron chi connectivity index (χ1n) is 7.42. The second-order valence-electron chi connectivity index (χ2n) is 5.74. The van der Waals surface area contributed by atoms with E-state index in [2.05, 4.69) is 10.3 Å². The zero-order valence-electron chi connectivity index (χ0n) is 13.5. The van der Waals surface area contributed by atoms with Gasteiger partial charge in [0, 0.05) is 31.4 Å². The molecule has 1 N–H and O–H groups in total. The molecule has 5 heteroatoms. The fourth-order valence-electron chi connectivity index (χ4n) is 2.43. The third-order valence-corrected chi connectivity index (χ3v) is 3.47. The van der Waals surface area contributed by atoms with Crippen LogP contribution in [0.25, 0.3) is 0 Å². The summed E-state index contributed by atoms with van der Waals surface area (Å²) in [4.78, 5) is 16.6. The van der Waals surface area contributed by atoms with Gasteiger partial charge in [-0.25, -0.2) is 4.98 Å². The number of para-hydroxylation sites is 1. The molecule has 1 amide bonds. The van der Waals surface area contributed by atoms with Gasteiger partial charge in [0.1, 0.15) is 17.6 Å². The third-order valence-electron chi connectivity index (χ3n) is 3.47. The van der Waals surface area contributed by atoms with Crippen LogP contribution in [0, 0.1) is 5.92 Å². The first kappa shape index (κ1) is 16.1. The Labute approximate surface area is 131 Å². The number of carbonyl (C=O) groups is 1. The molecule has 1 heterocycles. The van der Waals surface area contributed by atoms with E-state index < -0.39 is 0 Å². The number of hydrogen-bond acceptors (Lipinski definition) is 3. The van der Waals surface area contributed by atoms with Crippen LogP contribution in [0.15, 0.2) is 36.7 Å². The standard InChI is InChI=1S/C17H23N3O2/c1-12(2)11-15(21)19-16(17-18-9-10-20(17)3)13-7-5-6-8-14(13)22-4/h5-10,12,16H,11H2,1-4H3,(H,19,21)/t16-/m1/s1. The van der Waals surface area contributed by atoms with E-state index in [1.807, 2.05) is 55.9 Å². The van der Waals surface area contributed by atoms with Crippen molar-refractivity contribution >= 4 is 5.91 Å². The molecular weight excluding hydrogens is 278 g/mol. The molecule has 118 valence electrons. The van der Waals surface area contributed by atoms with Crippen LogP contribution in [0.3, 0.4) is 0 Å². The van der Waals surface area contributed by atoms with Crippen molar-refractivity contribution in [1.82, 2.24) is 14.9 Å². The van der Waals surface area contributed by atoms with Crippen molar-refractivity contribution in [3.05, 3.63) is 48.0 Å². The predicted molar refractivity (Wildman–Crippen MR) is 85.6 cm³/mol. The van der Waals surface area contributed by atoms with Crippen LogP contribution in [-0.2, 0) is 11.8 Å². The molecule has 0 bridgehead atoms. The first-order chi connectivity index (χ1) is 10.5. The minimum absolute atomic E-state index is 0.00825. The number of amides is 1. The van der Waals surface area contributed by atoms with Crippen molar-refractivity contribution in [2.24, 2.45) is 13.0 Å². The van der Waals surface area contributed by atoms with E-state index in [0.29, 0.717) is 12.3 Å². The van der Waals surface area contributed by atoms with E-state index in [4.69, 9.17) is 4.74 Å². The number of rotatable bonds is 6. The number of nitrogens with one attached hydrogen (secondary N) is 1. The summed E-state index contributed by atoms with van der Waals surface area (Å²) in [5.74, 6) is 1.83. The summed E-state index contributed by atoms with van der Waals surface area (Å²) >= 11 is 0. The lowest BCUT2D eigenvalue weighted by Crippen LogP contribution is -2.32. The maximum Gasteiger partial charge on any atom is 0.221 e. The van der Waals surface area contributed by atoms with Crippen molar-refractivity contribution < 1.29 is 9.53 Å². The highest BCUT2D eigenvalue weighted by atomic mass is 16.5. The number of imidazole rings is 1. The summed E-state index contributed by atoms with van der Waals surface area (Å²) in [5.41, 5.74) is 0.899. The molecule has 5 nitrogen and oxygen atoms in total. The maximum absolute atomic E-state index is 12.3. The smallest absolute Gasteiger partial charge is 0.221 e. The molecule has 2 aromatic rings. The van der Waals surface area contributed by atoms with Crippen LogP contribution in [0.2, 0.25) is 0 Å². The monoisotopic (exact) mass is 301 g/mol. The molecule has 0 saturated heterocycles. The Bertz CT molecular complexity index is 634. The SMILES string of the molecule is COc1ccccc1[C@@H](NC(=O)CC(C)C)c1nccn1C. The molecule has 2 rings (SSSR count). The van der Waals surface area contributed by atoms with Gasteiger partial charge < -0.3 is 14.6 Å². The van der Waals surface area contributed by atoms with E-state index >= 15 is 0 Å². The average Bonchev–Trinajstić information content (AvgIpc) is 2.90. The molecule has 0 radical (unpaired) electrons. The topological polar surface area (TPSA) is 56.1 Å². The van der Waals surface area contributed by atoms with Gasteiger partial charge in [0.15, 0.2) is 0 Å². The van der Waals surface area contributed by atoms with Crippen molar-refractivity contribution in [3.8, 4) is 5.75 Å². The van der Waals surface area contributed by atoms with Crippen molar-refractivity contribution in [1.29, 1.82) is 0 Å². The van der Waals surface area contributed by atoms with Gasteiger partial charge >= 0.3 is 0 Å². The van der Waals surface area contributed by atoms with Gasteiger partial charge in [-0.1, -0.05) is 32.0 Å². The second-order valence-corrected chi connectivity index (χ2v) is 5.74. The molecule has 0 unspecified atom stereocenters. The molecule has 0 spiro atoms. The van der Waals surface area contributed by atoms with Crippen LogP contribution >= 0.6 is 0 Å². The Hall–Kier alpha value is -2.30. The summed E-state index contributed by atoms with van der Waals surface area (Å²) in [5, 5.41) is 3.08. The molecular formula is C17H23N3O2.